The Morgan fingerprint density at radius 2 is 1.90 bits per heavy atom. The van der Waals surface area contributed by atoms with E-state index in [2.05, 4.69) is 0 Å². The van der Waals surface area contributed by atoms with Gasteiger partial charge in [-0.05, 0) is 24.6 Å². The first kappa shape index (κ1) is 19.1. The van der Waals surface area contributed by atoms with Crippen LogP contribution in [0.3, 0.4) is 0 Å². The second-order valence-corrected chi connectivity index (χ2v) is 7.81. The number of fused-ring (bicyclic) bond motifs is 6. The molecular weight excluding hydrogens is 388 g/mol. The van der Waals surface area contributed by atoms with Crippen LogP contribution in [0.25, 0.3) is 0 Å². The number of hydrogen-bond acceptors (Lipinski definition) is 7. The van der Waals surface area contributed by atoms with E-state index in [1.165, 1.54) is 0 Å². The van der Waals surface area contributed by atoms with Crippen molar-refractivity contribution in [3.63, 3.8) is 0 Å². The largest absolute Gasteiger partial charge is 0.493 e. The molecule has 2 aromatic rings. The molecule has 0 amide bonds. The molecule has 3 heterocycles. The fraction of sp³-hybridized carbons (Fsp3) is 0.435. The Bertz CT molecular complexity index is 1020. The van der Waals surface area contributed by atoms with Crippen LogP contribution < -0.4 is 23.7 Å². The lowest BCUT2D eigenvalue weighted by Gasteiger charge is -2.37. The summed E-state index contributed by atoms with van der Waals surface area (Å²) in [5.41, 5.74) is 2.11. The number of carbonyl (C=O) groups is 1. The number of carbonyl (C=O) groups excluding carboxylic acids is 1. The maximum Gasteiger partial charge on any atom is 0.178 e. The minimum absolute atomic E-state index is 0.0136. The molecule has 2 aromatic carbocycles. The quantitative estimate of drug-likeness (QED) is 0.827. The van der Waals surface area contributed by atoms with Gasteiger partial charge in [-0.1, -0.05) is 6.92 Å². The number of Topliss-reactive ketones (excluding diaryl/α,β-unsaturated/α-hetero) is 1. The first-order valence-corrected chi connectivity index (χ1v) is 10.2. The molecule has 158 valence electrons. The third kappa shape index (κ3) is 2.72. The van der Waals surface area contributed by atoms with Crippen molar-refractivity contribution in [2.75, 3.05) is 20.8 Å². The lowest BCUT2D eigenvalue weighted by Crippen LogP contribution is -2.43. The monoisotopic (exact) mass is 412 g/mol. The summed E-state index contributed by atoms with van der Waals surface area (Å²) in [6, 6.07) is 7.10. The molecule has 0 saturated carbocycles. The summed E-state index contributed by atoms with van der Waals surface area (Å²) < 4.78 is 28.9. The fourth-order valence-corrected chi connectivity index (χ4v) is 4.57. The van der Waals surface area contributed by atoms with Crippen LogP contribution in [0, 0.1) is 0 Å². The van der Waals surface area contributed by atoms with Crippen molar-refractivity contribution in [2.24, 2.45) is 0 Å². The first-order valence-electron chi connectivity index (χ1n) is 10.2. The normalized spacial score (nSPS) is 24.3. The zero-order chi connectivity index (χ0) is 21.0. The molecular formula is C23H24O7. The van der Waals surface area contributed by atoms with Crippen molar-refractivity contribution in [1.29, 1.82) is 0 Å². The third-order valence-corrected chi connectivity index (χ3v) is 6.19. The Labute approximate surface area is 174 Å². The predicted molar refractivity (Wildman–Crippen MR) is 107 cm³/mol. The van der Waals surface area contributed by atoms with Gasteiger partial charge in [-0.25, -0.2) is 0 Å². The number of methoxy groups -OCH3 is 2. The van der Waals surface area contributed by atoms with Gasteiger partial charge in [-0.15, -0.1) is 0 Å². The molecule has 0 spiro atoms. The van der Waals surface area contributed by atoms with Crippen LogP contribution in [0.15, 0.2) is 24.3 Å². The smallest absolute Gasteiger partial charge is 0.178 e. The number of hydrogen-bond donors (Lipinski definition) is 1. The van der Waals surface area contributed by atoms with Gasteiger partial charge in [-0.2, -0.15) is 0 Å². The average Bonchev–Trinajstić information content (AvgIpc) is 3.22. The molecule has 7 nitrogen and oxygen atoms in total. The summed E-state index contributed by atoms with van der Waals surface area (Å²) >= 11 is 0. The van der Waals surface area contributed by atoms with Gasteiger partial charge in [0, 0.05) is 23.6 Å². The van der Waals surface area contributed by atoms with Gasteiger partial charge in [0.15, 0.2) is 17.3 Å². The van der Waals surface area contributed by atoms with E-state index < -0.39 is 18.1 Å². The van der Waals surface area contributed by atoms with Crippen LogP contribution in [-0.4, -0.2) is 50.0 Å². The molecule has 4 atom stereocenters. The maximum atomic E-state index is 13.5. The third-order valence-electron chi connectivity index (χ3n) is 6.19. The van der Waals surface area contributed by atoms with Gasteiger partial charge in [0.05, 0.1) is 31.8 Å². The summed E-state index contributed by atoms with van der Waals surface area (Å²) in [5, 5.41) is 10.2. The van der Waals surface area contributed by atoms with Gasteiger partial charge >= 0.3 is 0 Å². The number of aliphatic hydroxyl groups is 1. The van der Waals surface area contributed by atoms with Crippen LogP contribution in [0.5, 0.6) is 28.7 Å². The second-order valence-electron chi connectivity index (χ2n) is 7.81. The van der Waals surface area contributed by atoms with Crippen molar-refractivity contribution in [2.45, 2.75) is 44.0 Å². The summed E-state index contributed by atoms with van der Waals surface area (Å²) in [6.45, 7) is 2.17. The Hall–Kier alpha value is -2.93. The van der Waals surface area contributed by atoms with E-state index in [0.717, 1.165) is 11.1 Å². The lowest BCUT2D eigenvalue weighted by molar-refractivity contribution is 0.0471. The minimum atomic E-state index is -0.563. The van der Waals surface area contributed by atoms with E-state index in [1.807, 2.05) is 6.92 Å². The van der Waals surface area contributed by atoms with Crippen LogP contribution in [0.4, 0.5) is 0 Å². The molecule has 0 fully saturated rings. The number of aliphatic hydroxyl groups excluding tert-OH is 1. The molecule has 3 aliphatic rings. The minimum Gasteiger partial charge on any atom is -0.493 e. The summed E-state index contributed by atoms with van der Waals surface area (Å²) in [4.78, 5) is 13.5. The zero-order valence-electron chi connectivity index (χ0n) is 17.1. The number of rotatable bonds is 4. The Kier molecular flexibility index (Phi) is 4.50. The van der Waals surface area contributed by atoms with E-state index in [1.54, 1.807) is 38.5 Å². The first-order chi connectivity index (χ1) is 14.5. The highest BCUT2D eigenvalue weighted by Crippen LogP contribution is 2.49. The topological polar surface area (TPSA) is 83.5 Å². The van der Waals surface area contributed by atoms with Gasteiger partial charge in [0.2, 0.25) is 0 Å². The van der Waals surface area contributed by atoms with Crippen molar-refractivity contribution in [3.05, 3.63) is 41.0 Å². The van der Waals surface area contributed by atoms with E-state index in [4.69, 9.17) is 23.7 Å². The van der Waals surface area contributed by atoms with Crippen LogP contribution >= 0.6 is 0 Å². The molecule has 0 bridgehead atoms. The van der Waals surface area contributed by atoms with Gasteiger partial charge < -0.3 is 28.8 Å². The Balaban J connectivity index is 1.55. The highest BCUT2D eigenvalue weighted by atomic mass is 16.5. The molecule has 30 heavy (non-hydrogen) atoms. The van der Waals surface area contributed by atoms with Gasteiger partial charge in [0.1, 0.15) is 36.1 Å². The van der Waals surface area contributed by atoms with E-state index in [9.17, 15) is 9.90 Å². The molecule has 0 saturated heterocycles. The molecule has 4 unspecified atom stereocenters. The van der Waals surface area contributed by atoms with E-state index in [0.29, 0.717) is 47.2 Å². The molecule has 0 radical (unpaired) electrons. The predicted octanol–water partition coefficient (Wildman–Crippen LogP) is 2.90. The molecule has 0 aliphatic carbocycles. The van der Waals surface area contributed by atoms with Crippen LogP contribution in [0.1, 0.15) is 40.7 Å². The van der Waals surface area contributed by atoms with E-state index in [-0.39, 0.29) is 18.5 Å². The van der Waals surface area contributed by atoms with Gasteiger partial charge in [-0.3, -0.25) is 4.79 Å². The Morgan fingerprint density at radius 3 is 2.63 bits per heavy atom. The standard InChI is InChI=1S/C23H24O7/c1-4-14(24)17-8-13-15(29-17)6-5-11-22(25)21-12-7-18(26-2)19(27-3)9-16(12)28-10-20(21)30-23(11)13/h5-7,9,14,17,20-21,24H,4,8,10H2,1-3H3. The van der Waals surface area contributed by atoms with Crippen molar-refractivity contribution in [1.82, 2.24) is 0 Å². The van der Waals surface area contributed by atoms with Crippen LogP contribution in [0.2, 0.25) is 0 Å². The molecule has 5 rings (SSSR count). The summed E-state index contributed by atoms with van der Waals surface area (Å²) in [5.74, 6) is 2.41. The number of ketones is 1. The second kappa shape index (κ2) is 7.09. The number of ether oxygens (including phenoxy) is 5. The lowest BCUT2D eigenvalue weighted by atomic mass is 9.81. The number of benzene rings is 2. The van der Waals surface area contributed by atoms with Crippen LogP contribution in [-0.2, 0) is 6.42 Å². The SMILES string of the molecule is CCC(O)C1Cc2c(ccc3c2OC2COc4cc(OC)c(OC)cc4C2C3=O)O1. The fourth-order valence-electron chi connectivity index (χ4n) is 4.57. The molecule has 0 aromatic heterocycles. The summed E-state index contributed by atoms with van der Waals surface area (Å²) in [6.07, 6.45) is -0.223. The van der Waals surface area contributed by atoms with Crippen molar-refractivity contribution in [3.8, 4) is 28.7 Å². The molecule has 3 aliphatic heterocycles. The highest BCUT2D eigenvalue weighted by Gasteiger charge is 2.45. The molecule has 7 heteroatoms. The van der Waals surface area contributed by atoms with Crippen molar-refractivity contribution < 1.29 is 33.6 Å². The van der Waals surface area contributed by atoms with Gasteiger partial charge in [0.25, 0.3) is 0 Å². The Morgan fingerprint density at radius 1 is 1.13 bits per heavy atom. The highest BCUT2D eigenvalue weighted by molar-refractivity contribution is 6.06. The van der Waals surface area contributed by atoms with E-state index >= 15 is 0 Å². The zero-order valence-corrected chi connectivity index (χ0v) is 17.1. The maximum absolute atomic E-state index is 13.5. The molecule has 1 N–H and O–H groups in total. The average molecular weight is 412 g/mol. The van der Waals surface area contributed by atoms with Crippen molar-refractivity contribution >= 4 is 5.78 Å². The summed E-state index contributed by atoms with van der Waals surface area (Å²) in [7, 11) is 3.12.